The average molecular weight is 326 g/mol. The number of hydrogen-bond donors (Lipinski definition) is 1. The maximum atomic E-state index is 12.4. The summed E-state index contributed by atoms with van der Waals surface area (Å²) in [5, 5.41) is 3.73. The third kappa shape index (κ3) is 5.96. The van der Waals surface area contributed by atoms with Gasteiger partial charge in [0.1, 0.15) is 5.60 Å². The largest absolute Gasteiger partial charge is 0.444 e. The molecular formula is C18H34N2O3. The molecule has 0 saturated carbocycles. The van der Waals surface area contributed by atoms with E-state index >= 15 is 0 Å². The van der Waals surface area contributed by atoms with Crippen LogP contribution in [0.15, 0.2) is 0 Å². The number of ether oxygens (including phenoxy) is 2. The van der Waals surface area contributed by atoms with Crippen LogP contribution in [-0.4, -0.2) is 54.0 Å². The molecule has 2 fully saturated rings. The monoisotopic (exact) mass is 326 g/mol. The molecule has 0 aliphatic carbocycles. The number of nitrogens with zero attached hydrogens (tertiary/aromatic N) is 1. The van der Waals surface area contributed by atoms with Crippen molar-refractivity contribution < 1.29 is 14.3 Å². The number of carbonyl (C=O) groups excluding carboxylic acids is 1. The summed E-state index contributed by atoms with van der Waals surface area (Å²) in [6.07, 6.45) is 5.48. The minimum Gasteiger partial charge on any atom is -0.444 e. The molecule has 0 aromatic heterocycles. The van der Waals surface area contributed by atoms with Gasteiger partial charge in [0.05, 0.1) is 6.10 Å². The first kappa shape index (κ1) is 18.5. The Hall–Kier alpha value is -0.810. The van der Waals surface area contributed by atoms with E-state index in [0.717, 1.165) is 45.3 Å². The Morgan fingerprint density at radius 3 is 2.78 bits per heavy atom. The second-order valence-corrected chi connectivity index (χ2v) is 8.18. The van der Waals surface area contributed by atoms with Gasteiger partial charge in [-0.25, -0.2) is 4.79 Å². The van der Waals surface area contributed by atoms with Gasteiger partial charge in [-0.1, -0.05) is 0 Å². The van der Waals surface area contributed by atoms with Gasteiger partial charge in [0, 0.05) is 31.3 Å². The fraction of sp³-hybridized carbons (Fsp3) is 0.944. The summed E-state index contributed by atoms with van der Waals surface area (Å²) in [4.78, 5) is 14.3. The van der Waals surface area contributed by atoms with Crippen molar-refractivity contribution in [1.29, 1.82) is 0 Å². The zero-order valence-corrected chi connectivity index (χ0v) is 15.4. The predicted octanol–water partition coefficient (Wildman–Crippen LogP) is 3.32. The highest BCUT2D eigenvalue weighted by atomic mass is 16.6. The second kappa shape index (κ2) is 7.84. The van der Waals surface area contributed by atoms with E-state index < -0.39 is 5.60 Å². The van der Waals surface area contributed by atoms with Gasteiger partial charge < -0.3 is 19.7 Å². The molecule has 4 unspecified atom stereocenters. The van der Waals surface area contributed by atoms with E-state index in [9.17, 15) is 4.79 Å². The van der Waals surface area contributed by atoms with E-state index in [4.69, 9.17) is 9.47 Å². The van der Waals surface area contributed by atoms with E-state index in [2.05, 4.69) is 19.2 Å². The highest BCUT2D eigenvalue weighted by molar-refractivity contribution is 5.68. The van der Waals surface area contributed by atoms with Crippen LogP contribution in [0.2, 0.25) is 0 Å². The highest BCUT2D eigenvalue weighted by Gasteiger charge is 2.33. The number of amides is 1. The molecule has 134 valence electrons. The minimum absolute atomic E-state index is 0.160. The second-order valence-electron chi connectivity index (χ2n) is 8.18. The molecule has 2 rings (SSSR count). The van der Waals surface area contributed by atoms with Gasteiger partial charge in [0.15, 0.2) is 0 Å². The summed E-state index contributed by atoms with van der Waals surface area (Å²) >= 11 is 0. The molecule has 0 radical (unpaired) electrons. The molecule has 1 amide bonds. The van der Waals surface area contributed by atoms with Crippen molar-refractivity contribution in [2.75, 3.05) is 13.2 Å². The van der Waals surface area contributed by atoms with Gasteiger partial charge >= 0.3 is 6.09 Å². The fourth-order valence-corrected chi connectivity index (χ4v) is 3.67. The lowest BCUT2D eigenvalue weighted by Gasteiger charge is -2.33. The maximum absolute atomic E-state index is 12.4. The van der Waals surface area contributed by atoms with Gasteiger partial charge in [-0.05, 0) is 66.7 Å². The predicted molar refractivity (Wildman–Crippen MR) is 91.6 cm³/mol. The standard InChI is InChI=1S/C18H34N2O3/c1-13(19-15-8-10-22-14(2)12-15)11-16-7-6-9-20(16)17(21)23-18(3,4)5/h13-16,19H,6-12H2,1-5H3. The average Bonchev–Trinajstić information content (AvgIpc) is 2.84. The first-order chi connectivity index (χ1) is 10.7. The SMILES string of the molecule is CC(CC1CCCN1C(=O)OC(C)(C)C)NC1CCOC(C)C1. The van der Waals surface area contributed by atoms with Crippen LogP contribution in [0.3, 0.4) is 0 Å². The zero-order valence-electron chi connectivity index (χ0n) is 15.4. The van der Waals surface area contributed by atoms with Gasteiger partial charge in [0.2, 0.25) is 0 Å². The van der Waals surface area contributed by atoms with Crippen molar-refractivity contribution in [2.45, 2.75) is 96.6 Å². The normalized spacial score (nSPS) is 30.3. The van der Waals surface area contributed by atoms with Crippen LogP contribution in [0.5, 0.6) is 0 Å². The van der Waals surface area contributed by atoms with Crippen molar-refractivity contribution in [3.63, 3.8) is 0 Å². The molecule has 5 heteroatoms. The molecule has 0 aromatic rings. The van der Waals surface area contributed by atoms with Crippen molar-refractivity contribution in [3.05, 3.63) is 0 Å². The van der Waals surface area contributed by atoms with Crippen LogP contribution in [-0.2, 0) is 9.47 Å². The molecule has 5 nitrogen and oxygen atoms in total. The van der Waals surface area contributed by atoms with E-state index in [1.165, 1.54) is 0 Å². The fourth-order valence-electron chi connectivity index (χ4n) is 3.67. The minimum atomic E-state index is -0.424. The van der Waals surface area contributed by atoms with Crippen molar-refractivity contribution in [3.8, 4) is 0 Å². The molecule has 23 heavy (non-hydrogen) atoms. The third-order valence-electron chi connectivity index (χ3n) is 4.64. The molecule has 0 bridgehead atoms. The smallest absolute Gasteiger partial charge is 0.410 e. The van der Waals surface area contributed by atoms with Gasteiger partial charge in [-0.2, -0.15) is 0 Å². The molecule has 4 atom stereocenters. The summed E-state index contributed by atoms with van der Waals surface area (Å²) < 4.78 is 11.2. The first-order valence-electron chi connectivity index (χ1n) is 9.12. The van der Waals surface area contributed by atoms with E-state index in [1.54, 1.807) is 0 Å². The Labute approximate surface area is 141 Å². The topological polar surface area (TPSA) is 50.8 Å². The van der Waals surface area contributed by atoms with Crippen LogP contribution < -0.4 is 5.32 Å². The van der Waals surface area contributed by atoms with Crippen LogP contribution in [0.1, 0.15) is 66.7 Å². The summed E-state index contributed by atoms with van der Waals surface area (Å²) in [5.41, 5.74) is -0.424. The van der Waals surface area contributed by atoms with Crippen LogP contribution in [0.4, 0.5) is 4.79 Å². The zero-order chi connectivity index (χ0) is 17.0. The molecule has 0 spiro atoms. The maximum Gasteiger partial charge on any atom is 0.410 e. The molecule has 2 heterocycles. The molecule has 1 N–H and O–H groups in total. The van der Waals surface area contributed by atoms with Crippen molar-refractivity contribution in [2.24, 2.45) is 0 Å². The number of likely N-dealkylation sites (tertiary alicyclic amines) is 1. The van der Waals surface area contributed by atoms with Gasteiger partial charge in [-0.3, -0.25) is 0 Å². The van der Waals surface area contributed by atoms with Crippen molar-refractivity contribution in [1.82, 2.24) is 10.2 Å². The van der Waals surface area contributed by atoms with Crippen LogP contribution in [0, 0.1) is 0 Å². The van der Waals surface area contributed by atoms with E-state index in [-0.39, 0.29) is 6.09 Å². The Kier molecular flexibility index (Phi) is 6.32. The third-order valence-corrected chi connectivity index (χ3v) is 4.64. The number of hydrogen-bond acceptors (Lipinski definition) is 4. The molecule has 2 aliphatic rings. The Balaban J connectivity index is 1.81. The summed E-state index contributed by atoms with van der Waals surface area (Å²) in [7, 11) is 0. The Bertz CT molecular complexity index is 394. The molecular weight excluding hydrogens is 292 g/mol. The quantitative estimate of drug-likeness (QED) is 0.861. The Morgan fingerprint density at radius 1 is 1.39 bits per heavy atom. The van der Waals surface area contributed by atoms with Crippen LogP contribution in [0.25, 0.3) is 0 Å². The van der Waals surface area contributed by atoms with Gasteiger partial charge in [-0.15, -0.1) is 0 Å². The summed E-state index contributed by atoms with van der Waals surface area (Å²) in [5.74, 6) is 0. The first-order valence-corrected chi connectivity index (χ1v) is 9.12. The lowest BCUT2D eigenvalue weighted by molar-refractivity contribution is 0.00999. The lowest BCUT2D eigenvalue weighted by atomic mass is 10.0. The molecule has 2 aliphatic heterocycles. The number of carbonyl (C=O) groups is 1. The summed E-state index contributed by atoms with van der Waals surface area (Å²) in [6, 6.07) is 1.23. The molecule has 2 saturated heterocycles. The number of nitrogens with one attached hydrogen (secondary N) is 1. The lowest BCUT2D eigenvalue weighted by Crippen LogP contribution is -2.46. The highest BCUT2D eigenvalue weighted by Crippen LogP contribution is 2.24. The number of rotatable bonds is 4. The Morgan fingerprint density at radius 2 is 2.13 bits per heavy atom. The van der Waals surface area contributed by atoms with E-state index in [0.29, 0.717) is 24.2 Å². The van der Waals surface area contributed by atoms with E-state index in [1.807, 2.05) is 25.7 Å². The van der Waals surface area contributed by atoms with Crippen LogP contribution >= 0.6 is 0 Å². The van der Waals surface area contributed by atoms with Gasteiger partial charge in [0.25, 0.3) is 0 Å². The molecule has 0 aromatic carbocycles. The van der Waals surface area contributed by atoms with Crippen molar-refractivity contribution >= 4 is 6.09 Å². The summed E-state index contributed by atoms with van der Waals surface area (Å²) in [6.45, 7) is 11.8.